The topological polar surface area (TPSA) is 20.2 Å². The van der Waals surface area contributed by atoms with Gasteiger partial charge in [-0.15, -0.1) is 0 Å². The summed E-state index contributed by atoms with van der Waals surface area (Å²) in [5.74, 6) is 0.345. The molecule has 1 nitrogen and oxygen atoms in total. The fourth-order valence-electron chi connectivity index (χ4n) is 1.46. The highest BCUT2D eigenvalue weighted by molar-refractivity contribution is 5.17. The van der Waals surface area contributed by atoms with Crippen molar-refractivity contribution in [3.63, 3.8) is 0 Å². The Morgan fingerprint density at radius 3 is 2.43 bits per heavy atom. The smallest absolute Gasteiger partial charge is 0.126 e. The van der Waals surface area contributed by atoms with E-state index in [0.29, 0.717) is 17.9 Å². The number of halogens is 1. The Kier molecular flexibility index (Phi) is 4.08. The van der Waals surface area contributed by atoms with Gasteiger partial charge < -0.3 is 5.11 Å². The minimum atomic E-state index is -0.174. The monoisotopic (exact) mass is 196 g/mol. The lowest BCUT2D eigenvalue weighted by Crippen LogP contribution is -2.16. The standard InChI is InChI=1S/C12H17FO/c1-9(2)11(8-14)7-10-5-3-4-6-12(10)13/h3-6,9,11,14H,7-8H2,1-2H3. The Morgan fingerprint density at radius 1 is 1.29 bits per heavy atom. The number of aliphatic hydroxyl groups is 1. The highest BCUT2D eigenvalue weighted by atomic mass is 19.1. The summed E-state index contributed by atoms with van der Waals surface area (Å²) in [6.45, 7) is 4.20. The van der Waals surface area contributed by atoms with Crippen LogP contribution < -0.4 is 0 Å². The molecule has 0 amide bonds. The predicted octanol–water partition coefficient (Wildman–Crippen LogP) is 2.63. The molecule has 1 rings (SSSR count). The summed E-state index contributed by atoms with van der Waals surface area (Å²) in [5.41, 5.74) is 0.695. The Hall–Kier alpha value is -0.890. The van der Waals surface area contributed by atoms with Gasteiger partial charge in [0.05, 0.1) is 0 Å². The first-order valence-corrected chi connectivity index (χ1v) is 4.99. The Morgan fingerprint density at radius 2 is 1.93 bits per heavy atom. The van der Waals surface area contributed by atoms with E-state index in [2.05, 4.69) is 0 Å². The summed E-state index contributed by atoms with van der Waals surface area (Å²) in [7, 11) is 0. The van der Waals surface area contributed by atoms with Gasteiger partial charge in [-0.1, -0.05) is 32.0 Å². The van der Waals surface area contributed by atoms with Crippen LogP contribution in [-0.4, -0.2) is 11.7 Å². The molecule has 1 aromatic carbocycles. The Labute approximate surface area is 84.6 Å². The van der Waals surface area contributed by atoms with E-state index in [1.165, 1.54) is 6.07 Å². The average molecular weight is 196 g/mol. The molecule has 1 atom stereocenters. The molecule has 0 spiro atoms. The fourth-order valence-corrected chi connectivity index (χ4v) is 1.46. The summed E-state index contributed by atoms with van der Waals surface area (Å²) in [6.07, 6.45) is 0.612. The van der Waals surface area contributed by atoms with E-state index < -0.39 is 0 Å². The molecule has 0 fully saturated rings. The van der Waals surface area contributed by atoms with E-state index in [4.69, 9.17) is 5.11 Å². The molecule has 1 aromatic rings. The van der Waals surface area contributed by atoms with Crippen molar-refractivity contribution in [3.8, 4) is 0 Å². The zero-order valence-electron chi connectivity index (χ0n) is 8.70. The summed E-state index contributed by atoms with van der Waals surface area (Å²) < 4.78 is 13.3. The van der Waals surface area contributed by atoms with Gasteiger partial charge in [-0.05, 0) is 29.9 Å². The molecule has 78 valence electrons. The van der Waals surface area contributed by atoms with Crippen LogP contribution in [-0.2, 0) is 6.42 Å². The van der Waals surface area contributed by atoms with Crippen molar-refractivity contribution in [1.82, 2.24) is 0 Å². The van der Waals surface area contributed by atoms with E-state index in [-0.39, 0.29) is 18.3 Å². The van der Waals surface area contributed by atoms with Crippen LogP contribution >= 0.6 is 0 Å². The highest BCUT2D eigenvalue weighted by Gasteiger charge is 2.14. The second-order valence-corrected chi connectivity index (χ2v) is 3.98. The van der Waals surface area contributed by atoms with Crippen LogP contribution in [0.4, 0.5) is 4.39 Å². The first kappa shape index (κ1) is 11.2. The average Bonchev–Trinajstić information content (AvgIpc) is 2.16. The molecule has 0 radical (unpaired) electrons. The molecule has 1 N–H and O–H groups in total. The fraction of sp³-hybridized carbons (Fsp3) is 0.500. The minimum Gasteiger partial charge on any atom is -0.396 e. The van der Waals surface area contributed by atoms with Gasteiger partial charge in [0.1, 0.15) is 5.82 Å². The Bertz CT molecular complexity index is 283. The van der Waals surface area contributed by atoms with Crippen LogP contribution in [0.1, 0.15) is 19.4 Å². The van der Waals surface area contributed by atoms with Crippen molar-refractivity contribution in [2.75, 3.05) is 6.61 Å². The Balaban J connectivity index is 2.72. The lowest BCUT2D eigenvalue weighted by atomic mass is 9.90. The van der Waals surface area contributed by atoms with Gasteiger partial charge in [0.25, 0.3) is 0 Å². The molecule has 1 unspecified atom stereocenters. The highest BCUT2D eigenvalue weighted by Crippen LogP contribution is 2.18. The van der Waals surface area contributed by atoms with Gasteiger partial charge >= 0.3 is 0 Å². The largest absolute Gasteiger partial charge is 0.396 e. The molecule has 0 saturated carbocycles. The molecule has 2 heteroatoms. The molecular weight excluding hydrogens is 179 g/mol. The second kappa shape index (κ2) is 5.11. The molecule has 0 aliphatic heterocycles. The van der Waals surface area contributed by atoms with Gasteiger partial charge in [-0.3, -0.25) is 0 Å². The summed E-state index contributed by atoms with van der Waals surface area (Å²) >= 11 is 0. The molecule has 0 saturated heterocycles. The van der Waals surface area contributed by atoms with Crippen molar-refractivity contribution in [1.29, 1.82) is 0 Å². The van der Waals surface area contributed by atoms with E-state index >= 15 is 0 Å². The molecular formula is C12H17FO. The first-order valence-electron chi connectivity index (χ1n) is 4.99. The van der Waals surface area contributed by atoms with Gasteiger partial charge in [0, 0.05) is 6.61 Å². The molecule has 14 heavy (non-hydrogen) atoms. The van der Waals surface area contributed by atoms with E-state index in [1.54, 1.807) is 12.1 Å². The van der Waals surface area contributed by atoms with Crippen molar-refractivity contribution in [2.24, 2.45) is 11.8 Å². The summed E-state index contributed by atoms with van der Waals surface area (Å²) in [4.78, 5) is 0. The van der Waals surface area contributed by atoms with Crippen molar-refractivity contribution >= 4 is 0 Å². The molecule has 0 bridgehead atoms. The van der Waals surface area contributed by atoms with Crippen LogP contribution in [0.5, 0.6) is 0 Å². The number of hydrogen-bond acceptors (Lipinski definition) is 1. The number of benzene rings is 1. The molecule has 0 aliphatic rings. The van der Waals surface area contributed by atoms with Gasteiger partial charge in [0.15, 0.2) is 0 Å². The van der Waals surface area contributed by atoms with E-state index in [0.717, 1.165) is 0 Å². The molecule has 0 aliphatic carbocycles. The van der Waals surface area contributed by atoms with Gasteiger partial charge in [0.2, 0.25) is 0 Å². The molecule has 0 heterocycles. The van der Waals surface area contributed by atoms with Crippen molar-refractivity contribution in [2.45, 2.75) is 20.3 Å². The maximum absolute atomic E-state index is 13.3. The first-order chi connectivity index (χ1) is 6.65. The van der Waals surface area contributed by atoms with Crippen LogP contribution in [0, 0.1) is 17.7 Å². The van der Waals surface area contributed by atoms with Crippen LogP contribution in [0.2, 0.25) is 0 Å². The number of aliphatic hydroxyl groups excluding tert-OH is 1. The summed E-state index contributed by atoms with van der Waals surface area (Å²) in [5, 5.41) is 9.13. The van der Waals surface area contributed by atoms with E-state index in [9.17, 15) is 4.39 Å². The van der Waals surface area contributed by atoms with Crippen molar-refractivity contribution < 1.29 is 9.50 Å². The van der Waals surface area contributed by atoms with Crippen LogP contribution in [0.3, 0.4) is 0 Å². The normalized spacial score (nSPS) is 13.2. The maximum atomic E-state index is 13.3. The third-order valence-electron chi connectivity index (χ3n) is 2.62. The number of hydrogen-bond donors (Lipinski definition) is 1. The third-order valence-corrected chi connectivity index (χ3v) is 2.62. The predicted molar refractivity (Wildman–Crippen MR) is 55.5 cm³/mol. The van der Waals surface area contributed by atoms with Crippen LogP contribution in [0.25, 0.3) is 0 Å². The SMILES string of the molecule is CC(C)C(CO)Cc1ccccc1F. The van der Waals surface area contributed by atoms with Gasteiger partial charge in [-0.2, -0.15) is 0 Å². The minimum absolute atomic E-state index is 0.117. The summed E-state index contributed by atoms with van der Waals surface area (Å²) in [6, 6.07) is 6.75. The zero-order valence-corrected chi connectivity index (χ0v) is 8.70. The molecule has 0 aromatic heterocycles. The lowest BCUT2D eigenvalue weighted by Gasteiger charge is -2.18. The second-order valence-electron chi connectivity index (χ2n) is 3.98. The van der Waals surface area contributed by atoms with Crippen LogP contribution in [0.15, 0.2) is 24.3 Å². The maximum Gasteiger partial charge on any atom is 0.126 e. The zero-order chi connectivity index (χ0) is 10.6. The third kappa shape index (κ3) is 2.81. The van der Waals surface area contributed by atoms with Gasteiger partial charge in [-0.25, -0.2) is 4.39 Å². The quantitative estimate of drug-likeness (QED) is 0.784. The van der Waals surface area contributed by atoms with Crippen molar-refractivity contribution in [3.05, 3.63) is 35.6 Å². The van der Waals surface area contributed by atoms with E-state index in [1.807, 2.05) is 19.9 Å². The lowest BCUT2D eigenvalue weighted by molar-refractivity contribution is 0.188. The number of rotatable bonds is 4.